The summed E-state index contributed by atoms with van der Waals surface area (Å²) in [4.78, 5) is 0. The number of hydrogen-bond acceptors (Lipinski definition) is 0. The zero-order chi connectivity index (χ0) is 0. The van der Waals surface area contributed by atoms with Crippen molar-refractivity contribution >= 4 is 24.8 Å². The zero-order valence-corrected chi connectivity index (χ0v) is 4.25. The van der Waals surface area contributed by atoms with Gasteiger partial charge in [0.15, 0.2) is 0 Å². The molecule has 4 heteroatoms. The monoisotopic (exact) mass is 148 g/mol. The van der Waals surface area contributed by atoms with Crippen LogP contribution in [0.4, 0.5) is 0 Å². The van der Waals surface area contributed by atoms with E-state index in [2.05, 4.69) is 0 Å². The molecule has 0 aromatic carbocycles. The Balaban J connectivity index is 0. The quantitative estimate of drug-likeness (QED) is 0.435. The molecule has 0 aliphatic heterocycles. The normalized spacial score (nSPS) is 0. The maximum atomic E-state index is 0. The topological polar surface area (TPSA) is 31.5 Å². The SMILES string of the molecule is Cl.Cl.O.[Ni]. The van der Waals surface area contributed by atoms with Crippen LogP contribution in [0.15, 0.2) is 0 Å². The first-order valence-corrected chi connectivity index (χ1v) is 0. The van der Waals surface area contributed by atoms with Gasteiger partial charge in [-0.2, -0.15) is 0 Å². The Kier molecular flexibility index (Phi) is 666. The summed E-state index contributed by atoms with van der Waals surface area (Å²) < 4.78 is 0. The summed E-state index contributed by atoms with van der Waals surface area (Å²) in [6.07, 6.45) is 0. The van der Waals surface area contributed by atoms with Crippen LogP contribution >= 0.6 is 24.8 Å². The molecule has 34 valence electrons. The molecule has 0 atom stereocenters. The molecule has 0 aromatic rings. The Morgan fingerprint density at radius 2 is 0.750 bits per heavy atom. The first-order chi connectivity index (χ1) is 0. The standard InChI is InChI=1S/2ClH.Ni.H2O/h2*1H;;1H2. The third-order valence-electron chi connectivity index (χ3n) is 0. The molecule has 1 nitrogen and oxygen atoms in total. The van der Waals surface area contributed by atoms with E-state index in [4.69, 9.17) is 0 Å². The van der Waals surface area contributed by atoms with Crippen molar-refractivity contribution in [3.8, 4) is 0 Å². The third kappa shape index (κ3) is 11.7. The summed E-state index contributed by atoms with van der Waals surface area (Å²) in [5, 5.41) is 0. The maximum Gasteiger partial charge on any atom is 0 e. The molecule has 0 aliphatic carbocycles. The molecule has 0 bridgehead atoms. The molecule has 2 N–H and O–H groups in total. The van der Waals surface area contributed by atoms with Gasteiger partial charge in [0.2, 0.25) is 0 Å². The van der Waals surface area contributed by atoms with E-state index in [1.165, 1.54) is 0 Å². The van der Waals surface area contributed by atoms with Gasteiger partial charge in [-0.25, -0.2) is 0 Å². The second-order valence-corrected chi connectivity index (χ2v) is 0. The maximum absolute atomic E-state index is 0. The van der Waals surface area contributed by atoms with Gasteiger partial charge in [0.05, 0.1) is 0 Å². The van der Waals surface area contributed by atoms with Gasteiger partial charge in [0.25, 0.3) is 0 Å². The van der Waals surface area contributed by atoms with E-state index < -0.39 is 0 Å². The van der Waals surface area contributed by atoms with Gasteiger partial charge in [0, 0.05) is 16.5 Å². The minimum absolute atomic E-state index is 0. The smallest absolute Gasteiger partial charge is 0 e. The van der Waals surface area contributed by atoms with E-state index in [0.717, 1.165) is 0 Å². The molecule has 4 heavy (non-hydrogen) atoms. The fraction of sp³-hybridized carbons (Fsp3) is 0. The van der Waals surface area contributed by atoms with Crippen molar-refractivity contribution in [1.29, 1.82) is 0 Å². The fourth-order valence-electron chi connectivity index (χ4n) is 0. The molecule has 0 saturated carbocycles. The second-order valence-electron chi connectivity index (χ2n) is 0. The molecule has 0 aromatic heterocycles. The largest absolute Gasteiger partial charge is 0.412 e. The predicted octanol–water partition coefficient (Wildman–Crippen LogP) is 0.0164. The summed E-state index contributed by atoms with van der Waals surface area (Å²) in [7, 11) is 0. The van der Waals surface area contributed by atoms with Crippen molar-refractivity contribution in [2.45, 2.75) is 0 Å². The van der Waals surface area contributed by atoms with Crippen molar-refractivity contribution in [2.24, 2.45) is 0 Å². The van der Waals surface area contributed by atoms with Crippen LogP contribution in [0.1, 0.15) is 0 Å². The van der Waals surface area contributed by atoms with Crippen LogP contribution in [0.5, 0.6) is 0 Å². The van der Waals surface area contributed by atoms with Crippen molar-refractivity contribution in [1.82, 2.24) is 0 Å². The van der Waals surface area contributed by atoms with Gasteiger partial charge in [0.1, 0.15) is 0 Å². The van der Waals surface area contributed by atoms with Crippen LogP contribution in [0.3, 0.4) is 0 Å². The Labute approximate surface area is 47.2 Å². The van der Waals surface area contributed by atoms with E-state index in [1.807, 2.05) is 0 Å². The Bertz CT molecular complexity index is 6.00. The van der Waals surface area contributed by atoms with Crippen LogP contribution in [-0.4, -0.2) is 5.48 Å². The van der Waals surface area contributed by atoms with Crippen LogP contribution in [-0.2, 0) is 16.5 Å². The predicted molar refractivity (Wildman–Crippen MR) is 18.1 cm³/mol. The molecule has 0 radical (unpaired) electrons. The Morgan fingerprint density at radius 3 is 0.750 bits per heavy atom. The molecule has 0 unspecified atom stereocenters. The molecule has 0 saturated heterocycles. The summed E-state index contributed by atoms with van der Waals surface area (Å²) in [5.74, 6) is 0. The third-order valence-corrected chi connectivity index (χ3v) is 0. The average molecular weight is 150 g/mol. The van der Waals surface area contributed by atoms with Crippen molar-refractivity contribution in [3.63, 3.8) is 0 Å². The van der Waals surface area contributed by atoms with Crippen molar-refractivity contribution < 1.29 is 22.0 Å². The molecule has 0 fully saturated rings. The number of rotatable bonds is 0. The van der Waals surface area contributed by atoms with E-state index in [1.54, 1.807) is 0 Å². The fourth-order valence-corrected chi connectivity index (χ4v) is 0. The van der Waals surface area contributed by atoms with Crippen LogP contribution < -0.4 is 0 Å². The molecule has 0 rings (SSSR count). The Hall–Kier alpha value is 1.03. The molecular weight excluding hydrogens is 146 g/mol. The minimum atomic E-state index is 0. The van der Waals surface area contributed by atoms with E-state index >= 15 is 0 Å². The summed E-state index contributed by atoms with van der Waals surface area (Å²) in [5.41, 5.74) is 0. The molecular formula is H4Cl2NiO. The van der Waals surface area contributed by atoms with Crippen LogP contribution in [0.2, 0.25) is 0 Å². The van der Waals surface area contributed by atoms with Gasteiger partial charge >= 0.3 is 0 Å². The van der Waals surface area contributed by atoms with Gasteiger partial charge in [-0.05, 0) is 0 Å². The summed E-state index contributed by atoms with van der Waals surface area (Å²) in [6, 6.07) is 0. The van der Waals surface area contributed by atoms with Crippen LogP contribution in [0, 0.1) is 0 Å². The summed E-state index contributed by atoms with van der Waals surface area (Å²) in [6.45, 7) is 0. The van der Waals surface area contributed by atoms with Crippen molar-refractivity contribution in [3.05, 3.63) is 0 Å². The van der Waals surface area contributed by atoms with Gasteiger partial charge < -0.3 is 5.48 Å². The minimum Gasteiger partial charge on any atom is -0.412 e. The number of halogens is 2. The average Bonchev–Trinajstić information content (AvgIpc) is 0. The van der Waals surface area contributed by atoms with Gasteiger partial charge in [-0.15, -0.1) is 24.8 Å². The first-order valence-electron chi connectivity index (χ1n) is 0. The summed E-state index contributed by atoms with van der Waals surface area (Å²) >= 11 is 0. The van der Waals surface area contributed by atoms with Gasteiger partial charge in [-0.3, -0.25) is 0 Å². The first kappa shape index (κ1) is 76.7. The molecule has 0 heterocycles. The number of hydrogen-bond donors (Lipinski definition) is 0. The van der Waals surface area contributed by atoms with E-state index in [-0.39, 0.29) is 46.8 Å². The van der Waals surface area contributed by atoms with E-state index in [9.17, 15) is 0 Å². The van der Waals surface area contributed by atoms with Gasteiger partial charge in [-0.1, -0.05) is 0 Å². The van der Waals surface area contributed by atoms with E-state index in [0.29, 0.717) is 0 Å². The molecule has 0 aliphatic rings. The zero-order valence-electron chi connectivity index (χ0n) is 1.63. The molecule has 0 amide bonds. The van der Waals surface area contributed by atoms with Crippen molar-refractivity contribution in [2.75, 3.05) is 0 Å². The second kappa shape index (κ2) is 34.7. The molecule has 0 spiro atoms. The Morgan fingerprint density at radius 1 is 0.750 bits per heavy atom. The van der Waals surface area contributed by atoms with Crippen LogP contribution in [0.25, 0.3) is 0 Å².